The van der Waals surface area contributed by atoms with Gasteiger partial charge in [0.1, 0.15) is 6.61 Å². The molecule has 1 aromatic rings. The minimum absolute atomic E-state index is 0.116. The second-order valence-electron chi connectivity index (χ2n) is 6.38. The summed E-state index contributed by atoms with van der Waals surface area (Å²) in [5.41, 5.74) is 1.33. The lowest BCUT2D eigenvalue weighted by atomic mass is 9.89. The number of hydrogen-bond acceptors (Lipinski definition) is 3. The molecular formula is C18H25NO3. The number of carbonyl (C=O) groups excluding carboxylic acids is 2. The number of hydrogen-bond donors (Lipinski definition) is 0. The van der Waals surface area contributed by atoms with Crippen LogP contribution in [-0.2, 0) is 9.53 Å². The molecule has 1 aromatic carbocycles. The molecule has 0 N–H and O–H groups in total. The molecule has 2 amide bonds. The van der Waals surface area contributed by atoms with Gasteiger partial charge in [0.2, 0.25) is 5.91 Å². The topological polar surface area (TPSA) is 46.6 Å². The van der Waals surface area contributed by atoms with Crippen molar-refractivity contribution in [2.24, 2.45) is 5.92 Å². The molecule has 0 aliphatic carbocycles. The highest BCUT2D eigenvalue weighted by molar-refractivity contribution is 5.93. The van der Waals surface area contributed by atoms with Gasteiger partial charge in [0.15, 0.2) is 0 Å². The maximum absolute atomic E-state index is 12.2. The molecule has 2 rings (SSSR count). The number of benzene rings is 1. The van der Waals surface area contributed by atoms with E-state index < -0.39 is 6.09 Å². The van der Waals surface area contributed by atoms with Gasteiger partial charge >= 0.3 is 6.09 Å². The summed E-state index contributed by atoms with van der Waals surface area (Å²) < 4.78 is 4.89. The number of carbonyl (C=O) groups is 2. The zero-order chi connectivity index (χ0) is 16.1. The quantitative estimate of drug-likeness (QED) is 0.799. The summed E-state index contributed by atoms with van der Waals surface area (Å²) in [6.45, 7) is 6.53. The number of rotatable bonds is 6. The first-order chi connectivity index (χ1) is 10.5. The van der Waals surface area contributed by atoms with E-state index in [4.69, 9.17) is 4.74 Å². The van der Waals surface area contributed by atoms with Crippen molar-refractivity contribution in [3.05, 3.63) is 35.9 Å². The molecule has 120 valence electrons. The Morgan fingerprint density at radius 2 is 2.00 bits per heavy atom. The minimum Gasteiger partial charge on any atom is -0.447 e. The first kappa shape index (κ1) is 16.5. The van der Waals surface area contributed by atoms with E-state index in [2.05, 4.69) is 38.1 Å². The van der Waals surface area contributed by atoms with E-state index in [0.29, 0.717) is 24.9 Å². The molecule has 22 heavy (non-hydrogen) atoms. The summed E-state index contributed by atoms with van der Waals surface area (Å²) in [6.07, 6.45) is 1.74. The third kappa shape index (κ3) is 4.09. The van der Waals surface area contributed by atoms with Crippen LogP contribution in [0.5, 0.6) is 0 Å². The van der Waals surface area contributed by atoms with Gasteiger partial charge < -0.3 is 4.74 Å². The molecule has 1 saturated heterocycles. The first-order valence-electron chi connectivity index (χ1n) is 8.02. The van der Waals surface area contributed by atoms with Crippen molar-refractivity contribution in [3.63, 3.8) is 0 Å². The lowest BCUT2D eigenvalue weighted by Crippen LogP contribution is -2.37. The van der Waals surface area contributed by atoms with E-state index in [1.54, 1.807) is 0 Å². The lowest BCUT2D eigenvalue weighted by molar-refractivity contribution is -0.129. The fraction of sp³-hybridized carbons (Fsp3) is 0.556. The third-order valence-electron chi connectivity index (χ3n) is 4.33. The molecule has 3 atom stereocenters. The standard InChI is InChI=1S/C18H25NO3/c1-13(11-14(2)16-7-5-4-6-8-16)9-10-17(20)19-15(3)12-22-18(19)21/h4-8,13-15H,9-12H2,1-3H3/t13-,14?,15-/m1/s1. The molecule has 1 fully saturated rings. The molecule has 0 bridgehead atoms. The third-order valence-corrected chi connectivity index (χ3v) is 4.33. The van der Waals surface area contributed by atoms with E-state index >= 15 is 0 Å². The van der Waals surface area contributed by atoms with Crippen LogP contribution < -0.4 is 0 Å². The second kappa shape index (κ2) is 7.43. The molecule has 1 unspecified atom stereocenters. The van der Waals surface area contributed by atoms with Crippen LogP contribution >= 0.6 is 0 Å². The van der Waals surface area contributed by atoms with Crippen LogP contribution in [0.2, 0.25) is 0 Å². The Bertz CT molecular complexity index is 514. The first-order valence-corrected chi connectivity index (χ1v) is 8.02. The molecule has 0 aromatic heterocycles. The Labute approximate surface area is 132 Å². The highest BCUT2D eigenvalue weighted by Gasteiger charge is 2.34. The van der Waals surface area contributed by atoms with Gasteiger partial charge in [-0.3, -0.25) is 4.79 Å². The van der Waals surface area contributed by atoms with Crippen LogP contribution in [0.1, 0.15) is 51.5 Å². The molecule has 4 nitrogen and oxygen atoms in total. The van der Waals surface area contributed by atoms with Crippen LogP contribution in [0.15, 0.2) is 30.3 Å². The van der Waals surface area contributed by atoms with Gasteiger partial charge in [-0.15, -0.1) is 0 Å². The van der Waals surface area contributed by atoms with E-state index in [9.17, 15) is 9.59 Å². The molecular weight excluding hydrogens is 278 g/mol. The maximum atomic E-state index is 12.2. The van der Waals surface area contributed by atoms with Crippen molar-refractivity contribution in [3.8, 4) is 0 Å². The van der Waals surface area contributed by atoms with Crippen molar-refractivity contribution in [2.45, 2.75) is 52.0 Å². The monoisotopic (exact) mass is 303 g/mol. The fourth-order valence-electron chi connectivity index (χ4n) is 2.99. The number of amides is 2. The van der Waals surface area contributed by atoms with Gasteiger partial charge in [-0.2, -0.15) is 0 Å². The largest absolute Gasteiger partial charge is 0.447 e. The predicted octanol–water partition coefficient (Wildman–Crippen LogP) is 3.96. The second-order valence-corrected chi connectivity index (χ2v) is 6.38. The molecule has 1 aliphatic heterocycles. The summed E-state index contributed by atoms with van der Waals surface area (Å²) in [5.74, 6) is 0.796. The minimum atomic E-state index is -0.497. The van der Waals surface area contributed by atoms with Gasteiger partial charge in [-0.05, 0) is 37.2 Å². The van der Waals surface area contributed by atoms with Crippen molar-refractivity contribution in [1.82, 2.24) is 4.90 Å². The normalized spacial score (nSPS) is 20.6. The Morgan fingerprint density at radius 1 is 1.32 bits per heavy atom. The zero-order valence-electron chi connectivity index (χ0n) is 13.6. The molecule has 0 radical (unpaired) electrons. The number of ether oxygens (including phenoxy) is 1. The SMILES string of the molecule is CC(C[C@H](C)CCC(=O)N1C(=O)OC[C@H]1C)c1ccccc1. The Morgan fingerprint density at radius 3 is 2.59 bits per heavy atom. The van der Waals surface area contributed by atoms with Gasteiger partial charge in [-0.25, -0.2) is 9.69 Å². The van der Waals surface area contributed by atoms with Crippen LogP contribution in [0.25, 0.3) is 0 Å². The van der Waals surface area contributed by atoms with E-state index in [-0.39, 0.29) is 11.9 Å². The predicted molar refractivity (Wildman–Crippen MR) is 85.5 cm³/mol. The summed E-state index contributed by atoms with van der Waals surface area (Å²) >= 11 is 0. The molecule has 0 saturated carbocycles. The number of imide groups is 1. The Kier molecular flexibility index (Phi) is 5.58. The average molecular weight is 303 g/mol. The molecule has 0 spiro atoms. The average Bonchev–Trinajstić information content (AvgIpc) is 2.85. The summed E-state index contributed by atoms with van der Waals surface area (Å²) in [5, 5.41) is 0. The van der Waals surface area contributed by atoms with E-state index in [0.717, 1.165) is 12.8 Å². The van der Waals surface area contributed by atoms with Gasteiger partial charge in [0.05, 0.1) is 6.04 Å². The summed E-state index contributed by atoms with van der Waals surface area (Å²) in [4.78, 5) is 24.9. The van der Waals surface area contributed by atoms with Crippen LogP contribution in [0, 0.1) is 5.92 Å². The molecule has 1 aliphatic rings. The number of cyclic esters (lactones) is 1. The van der Waals surface area contributed by atoms with Crippen molar-refractivity contribution in [2.75, 3.05) is 6.61 Å². The fourth-order valence-corrected chi connectivity index (χ4v) is 2.99. The van der Waals surface area contributed by atoms with Crippen LogP contribution in [0.3, 0.4) is 0 Å². The van der Waals surface area contributed by atoms with Crippen molar-refractivity contribution < 1.29 is 14.3 Å². The van der Waals surface area contributed by atoms with Crippen molar-refractivity contribution in [1.29, 1.82) is 0 Å². The van der Waals surface area contributed by atoms with Gasteiger partial charge in [0, 0.05) is 6.42 Å². The van der Waals surface area contributed by atoms with Gasteiger partial charge in [-0.1, -0.05) is 44.2 Å². The highest BCUT2D eigenvalue weighted by atomic mass is 16.6. The van der Waals surface area contributed by atoms with Crippen molar-refractivity contribution >= 4 is 12.0 Å². The van der Waals surface area contributed by atoms with Gasteiger partial charge in [0.25, 0.3) is 0 Å². The van der Waals surface area contributed by atoms with E-state index in [1.165, 1.54) is 10.5 Å². The molecule has 4 heteroatoms. The summed E-state index contributed by atoms with van der Waals surface area (Å²) in [6, 6.07) is 10.3. The van der Waals surface area contributed by atoms with Crippen LogP contribution in [0.4, 0.5) is 4.79 Å². The number of nitrogens with zero attached hydrogens (tertiary/aromatic N) is 1. The van der Waals surface area contributed by atoms with Crippen LogP contribution in [-0.4, -0.2) is 29.5 Å². The highest BCUT2D eigenvalue weighted by Crippen LogP contribution is 2.26. The lowest BCUT2D eigenvalue weighted by Gasteiger charge is -2.19. The Balaban J connectivity index is 1.79. The zero-order valence-corrected chi connectivity index (χ0v) is 13.6. The van der Waals surface area contributed by atoms with E-state index in [1.807, 2.05) is 13.0 Å². The maximum Gasteiger partial charge on any atom is 0.416 e. The Hall–Kier alpha value is -1.84. The molecule has 1 heterocycles. The smallest absolute Gasteiger partial charge is 0.416 e. The summed E-state index contributed by atoms with van der Waals surface area (Å²) in [7, 11) is 0.